The SMILES string of the molecule is N#CCCN(C(=O)CCc1ccccc1)c1ccccc1. The van der Waals surface area contributed by atoms with Gasteiger partial charge in [0, 0.05) is 18.7 Å². The number of aryl methyl sites for hydroxylation is 1. The monoisotopic (exact) mass is 278 g/mol. The van der Waals surface area contributed by atoms with Crippen LogP contribution < -0.4 is 4.90 Å². The van der Waals surface area contributed by atoms with Crippen molar-refractivity contribution in [3.63, 3.8) is 0 Å². The van der Waals surface area contributed by atoms with Crippen molar-refractivity contribution in [3.05, 3.63) is 66.2 Å². The summed E-state index contributed by atoms with van der Waals surface area (Å²) in [5, 5.41) is 8.76. The van der Waals surface area contributed by atoms with Gasteiger partial charge in [0.05, 0.1) is 12.5 Å². The molecule has 0 N–H and O–H groups in total. The van der Waals surface area contributed by atoms with Gasteiger partial charge in [-0.05, 0) is 24.1 Å². The van der Waals surface area contributed by atoms with Crippen LogP contribution in [0.2, 0.25) is 0 Å². The fraction of sp³-hybridized carbons (Fsp3) is 0.222. The number of nitrogens with zero attached hydrogens (tertiary/aromatic N) is 2. The first kappa shape index (κ1) is 14.8. The smallest absolute Gasteiger partial charge is 0.227 e. The fourth-order valence-electron chi connectivity index (χ4n) is 2.20. The average molecular weight is 278 g/mol. The molecule has 0 unspecified atom stereocenters. The lowest BCUT2D eigenvalue weighted by atomic mass is 10.1. The third-order valence-corrected chi connectivity index (χ3v) is 3.29. The molecule has 0 spiro atoms. The molecule has 2 rings (SSSR count). The van der Waals surface area contributed by atoms with E-state index < -0.39 is 0 Å². The Hall–Kier alpha value is -2.60. The van der Waals surface area contributed by atoms with Gasteiger partial charge in [-0.15, -0.1) is 0 Å². The fourth-order valence-corrected chi connectivity index (χ4v) is 2.20. The van der Waals surface area contributed by atoms with Gasteiger partial charge in [-0.3, -0.25) is 4.79 Å². The molecule has 0 saturated carbocycles. The van der Waals surface area contributed by atoms with Gasteiger partial charge in [0.15, 0.2) is 0 Å². The van der Waals surface area contributed by atoms with E-state index in [1.165, 1.54) is 0 Å². The van der Waals surface area contributed by atoms with Crippen LogP contribution in [-0.4, -0.2) is 12.5 Å². The van der Waals surface area contributed by atoms with E-state index >= 15 is 0 Å². The second-order valence-electron chi connectivity index (χ2n) is 4.77. The molecule has 0 aliphatic carbocycles. The first-order chi connectivity index (χ1) is 10.3. The third-order valence-electron chi connectivity index (χ3n) is 3.29. The minimum Gasteiger partial charge on any atom is -0.311 e. The van der Waals surface area contributed by atoms with Crippen LogP contribution >= 0.6 is 0 Å². The minimum atomic E-state index is 0.0558. The maximum atomic E-state index is 12.4. The summed E-state index contributed by atoms with van der Waals surface area (Å²) in [6.45, 7) is 0.439. The quantitative estimate of drug-likeness (QED) is 0.810. The van der Waals surface area contributed by atoms with E-state index in [4.69, 9.17) is 5.26 Å². The molecule has 0 aliphatic heterocycles. The van der Waals surface area contributed by atoms with Crippen LogP contribution in [0.5, 0.6) is 0 Å². The molecule has 0 saturated heterocycles. The molecule has 3 nitrogen and oxygen atoms in total. The van der Waals surface area contributed by atoms with E-state index in [0.29, 0.717) is 19.4 Å². The molecule has 0 atom stereocenters. The van der Waals surface area contributed by atoms with Crippen LogP contribution in [0.25, 0.3) is 0 Å². The van der Waals surface area contributed by atoms with Crippen molar-refractivity contribution in [3.8, 4) is 6.07 Å². The van der Waals surface area contributed by atoms with Crippen LogP contribution in [0.4, 0.5) is 5.69 Å². The van der Waals surface area contributed by atoms with E-state index in [1.807, 2.05) is 60.7 Å². The Kier molecular flexibility index (Phi) is 5.54. The molecule has 2 aromatic carbocycles. The Labute approximate surface area is 125 Å². The Bertz CT molecular complexity index is 602. The zero-order valence-electron chi connectivity index (χ0n) is 11.9. The summed E-state index contributed by atoms with van der Waals surface area (Å²) in [4.78, 5) is 14.1. The molecular formula is C18H18N2O. The van der Waals surface area contributed by atoms with E-state index in [2.05, 4.69) is 6.07 Å². The van der Waals surface area contributed by atoms with Gasteiger partial charge >= 0.3 is 0 Å². The third kappa shape index (κ3) is 4.47. The lowest BCUT2D eigenvalue weighted by Gasteiger charge is -2.21. The van der Waals surface area contributed by atoms with Gasteiger partial charge in [-0.1, -0.05) is 48.5 Å². The molecule has 3 heteroatoms. The highest BCUT2D eigenvalue weighted by molar-refractivity contribution is 5.93. The maximum Gasteiger partial charge on any atom is 0.227 e. The van der Waals surface area contributed by atoms with Crippen molar-refractivity contribution in [2.75, 3.05) is 11.4 Å². The summed E-state index contributed by atoms with van der Waals surface area (Å²) in [6, 6.07) is 21.6. The van der Waals surface area contributed by atoms with E-state index in [1.54, 1.807) is 4.90 Å². The Morgan fingerprint density at radius 3 is 2.24 bits per heavy atom. The van der Waals surface area contributed by atoms with Gasteiger partial charge in [0.2, 0.25) is 5.91 Å². The molecule has 106 valence electrons. The topological polar surface area (TPSA) is 44.1 Å². The first-order valence-electron chi connectivity index (χ1n) is 7.07. The highest BCUT2D eigenvalue weighted by Crippen LogP contribution is 2.16. The summed E-state index contributed by atoms with van der Waals surface area (Å²) in [5.41, 5.74) is 2.00. The molecule has 0 aromatic heterocycles. The van der Waals surface area contributed by atoms with Crippen LogP contribution in [0.1, 0.15) is 18.4 Å². The largest absolute Gasteiger partial charge is 0.311 e. The number of hydrogen-bond acceptors (Lipinski definition) is 2. The Morgan fingerprint density at radius 1 is 1.00 bits per heavy atom. The number of carbonyl (C=O) groups is 1. The van der Waals surface area contributed by atoms with Gasteiger partial charge in [-0.2, -0.15) is 5.26 Å². The summed E-state index contributed by atoms with van der Waals surface area (Å²) in [6.07, 6.45) is 1.51. The van der Waals surface area contributed by atoms with Crippen molar-refractivity contribution in [2.45, 2.75) is 19.3 Å². The molecule has 0 radical (unpaired) electrons. The molecule has 1 amide bonds. The average Bonchev–Trinajstić information content (AvgIpc) is 2.55. The lowest BCUT2D eigenvalue weighted by Crippen LogP contribution is -2.31. The Morgan fingerprint density at radius 2 is 1.62 bits per heavy atom. The number of nitriles is 1. The van der Waals surface area contributed by atoms with Crippen LogP contribution in [0.15, 0.2) is 60.7 Å². The lowest BCUT2D eigenvalue weighted by molar-refractivity contribution is -0.118. The van der Waals surface area contributed by atoms with E-state index in [-0.39, 0.29) is 5.91 Å². The van der Waals surface area contributed by atoms with E-state index in [9.17, 15) is 4.79 Å². The summed E-state index contributed by atoms with van der Waals surface area (Å²) in [5.74, 6) is 0.0558. The zero-order valence-corrected chi connectivity index (χ0v) is 11.9. The number of benzene rings is 2. The highest BCUT2D eigenvalue weighted by Gasteiger charge is 2.14. The maximum absolute atomic E-state index is 12.4. The summed E-state index contributed by atoms with van der Waals surface area (Å²) < 4.78 is 0. The highest BCUT2D eigenvalue weighted by atomic mass is 16.2. The van der Waals surface area contributed by atoms with Crippen LogP contribution in [-0.2, 0) is 11.2 Å². The molecule has 0 heterocycles. The standard InChI is InChI=1S/C18H18N2O/c19-14-7-15-20(17-10-5-2-6-11-17)18(21)13-12-16-8-3-1-4-9-16/h1-6,8-11H,7,12-13,15H2. The summed E-state index contributed by atoms with van der Waals surface area (Å²) >= 11 is 0. The van der Waals surface area contributed by atoms with Gasteiger partial charge in [-0.25, -0.2) is 0 Å². The van der Waals surface area contributed by atoms with E-state index in [0.717, 1.165) is 17.7 Å². The van der Waals surface area contributed by atoms with Crippen molar-refractivity contribution in [1.29, 1.82) is 5.26 Å². The normalized spacial score (nSPS) is 9.86. The second kappa shape index (κ2) is 7.86. The van der Waals surface area contributed by atoms with Crippen molar-refractivity contribution in [2.24, 2.45) is 0 Å². The molecule has 0 fully saturated rings. The van der Waals surface area contributed by atoms with Crippen LogP contribution in [0, 0.1) is 11.3 Å². The minimum absolute atomic E-state index is 0.0558. The van der Waals surface area contributed by atoms with Crippen LogP contribution in [0.3, 0.4) is 0 Å². The number of anilines is 1. The summed E-state index contributed by atoms with van der Waals surface area (Å²) in [7, 11) is 0. The van der Waals surface area contributed by atoms with Crippen molar-refractivity contribution in [1.82, 2.24) is 0 Å². The predicted molar refractivity (Wildman–Crippen MR) is 83.8 cm³/mol. The second-order valence-corrected chi connectivity index (χ2v) is 4.77. The molecule has 2 aromatic rings. The van der Waals surface area contributed by atoms with Gasteiger partial charge in [0.25, 0.3) is 0 Å². The predicted octanol–water partition coefficient (Wildman–Crippen LogP) is 3.57. The first-order valence-corrected chi connectivity index (χ1v) is 7.07. The molecule has 0 aliphatic rings. The van der Waals surface area contributed by atoms with Crippen molar-refractivity contribution >= 4 is 11.6 Å². The molecule has 21 heavy (non-hydrogen) atoms. The number of rotatable bonds is 6. The van der Waals surface area contributed by atoms with Crippen molar-refractivity contribution < 1.29 is 4.79 Å². The number of carbonyl (C=O) groups excluding carboxylic acids is 1. The van der Waals surface area contributed by atoms with Gasteiger partial charge < -0.3 is 4.90 Å². The Balaban J connectivity index is 2.03. The number of para-hydroxylation sites is 1. The number of amides is 1. The molecule has 0 bridgehead atoms. The van der Waals surface area contributed by atoms with Gasteiger partial charge in [0.1, 0.15) is 0 Å². The zero-order chi connectivity index (χ0) is 14.9. The number of hydrogen-bond donors (Lipinski definition) is 0. The molecular weight excluding hydrogens is 260 g/mol.